The summed E-state index contributed by atoms with van der Waals surface area (Å²) in [5.74, 6) is 1.87. The van der Waals surface area contributed by atoms with E-state index in [0.717, 1.165) is 49.4 Å². The highest BCUT2D eigenvalue weighted by molar-refractivity contribution is 6.21. The van der Waals surface area contributed by atoms with Crippen LogP contribution in [0, 0.1) is 0 Å². The Morgan fingerprint density at radius 3 is 1.78 bits per heavy atom. The lowest BCUT2D eigenvalue weighted by Gasteiger charge is -2.21. The number of fused-ring (bicyclic) bond motifs is 8. The highest BCUT2D eigenvalue weighted by Crippen LogP contribution is 2.50. The molecule has 236 valence electrons. The van der Waals surface area contributed by atoms with Gasteiger partial charge in [0.1, 0.15) is 0 Å². The summed E-state index contributed by atoms with van der Waals surface area (Å²) in [5, 5.41) is 4.64. The molecule has 2 heterocycles. The number of rotatable bonds is 4. The summed E-state index contributed by atoms with van der Waals surface area (Å²) in [5.41, 5.74) is 11.6. The Morgan fingerprint density at radius 1 is 0.420 bits per heavy atom. The lowest BCUT2D eigenvalue weighted by molar-refractivity contribution is 0.660. The van der Waals surface area contributed by atoms with Gasteiger partial charge in [0.25, 0.3) is 0 Å². The fourth-order valence-corrected chi connectivity index (χ4v) is 8.04. The normalized spacial score (nSPS) is 13.2. The molecule has 0 saturated carbocycles. The molecule has 4 heteroatoms. The fraction of sp³-hybridized carbons (Fsp3) is 0.0652. The van der Waals surface area contributed by atoms with Gasteiger partial charge in [-0.15, -0.1) is 0 Å². The maximum Gasteiger partial charge on any atom is 0.238 e. The molecule has 7 aromatic carbocycles. The molecule has 1 aliphatic carbocycles. The summed E-state index contributed by atoms with van der Waals surface area (Å²) in [6.45, 7) is 4.66. The zero-order valence-corrected chi connectivity index (χ0v) is 27.8. The van der Waals surface area contributed by atoms with Gasteiger partial charge in [-0.05, 0) is 39.3 Å². The van der Waals surface area contributed by atoms with Gasteiger partial charge in [-0.25, -0.2) is 4.98 Å². The Kier molecular flexibility index (Phi) is 6.19. The molecular formula is C46H32N4. The summed E-state index contributed by atoms with van der Waals surface area (Å²) in [6, 6.07) is 55.9. The van der Waals surface area contributed by atoms with Crippen LogP contribution in [0.3, 0.4) is 0 Å². The largest absolute Gasteiger partial charge is 0.277 e. The fourth-order valence-electron chi connectivity index (χ4n) is 8.04. The van der Waals surface area contributed by atoms with Crippen LogP contribution in [-0.2, 0) is 5.41 Å². The molecular weight excluding hydrogens is 609 g/mol. The summed E-state index contributed by atoms with van der Waals surface area (Å²) < 4.78 is 2.29. The Balaban J connectivity index is 1.33. The van der Waals surface area contributed by atoms with Crippen LogP contribution < -0.4 is 0 Å². The van der Waals surface area contributed by atoms with Crippen molar-refractivity contribution >= 4 is 32.6 Å². The molecule has 0 spiro atoms. The van der Waals surface area contributed by atoms with Crippen molar-refractivity contribution in [2.75, 3.05) is 0 Å². The predicted molar refractivity (Wildman–Crippen MR) is 206 cm³/mol. The summed E-state index contributed by atoms with van der Waals surface area (Å²) in [4.78, 5) is 15.5. The lowest BCUT2D eigenvalue weighted by Crippen LogP contribution is -2.14. The van der Waals surface area contributed by atoms with Gasteiger partial charge in [0, 0.05) is 38.3 Å². The number of nitrogens with zero attached hydrogens (tertiary/aromatic N) is 4. The molecule has 1 aliphatic rings. The van der Waals surface area contributed by atoms with Gasteiger partial charge >= 0.3 is 0 Å². The first-order valence-corrected chi connectivity index (χ1v) is 17.1. The first kappa shape index (κ1) is 28.6. The molecule has 4 nitrogen and oxygen atoms in total. The maximum atomic E-state index is 5.26. The summed E-state index contributed by atoms with van der Waals surface area (Å²) >= 11 is 0. The molecule has 0 atom stereocenters. The second-order valence-electron chi connectivity index (χ2n) is 13.7. The van der Waals surface area contributed by atoms with Crippen molar-refractivity contribution in [3.05, 3.63) is 169 Å². The van der Waals surface area contributed by atoms with Crippen molar-refractivity contribution in [3.63, 3.8) is 0 Å². The van der Waals surface area contributed by atoms with Crippen LogP contribution in [0.1, 0.15) is 25.0 Å². The van der Waals surface area contributed by atoms with E-state index >= 15 is 0 Å². The van der Waals surface area contributed by atoms with Crippen LogP contribution in [0.15, 0.2) is 158 Å². The third-order valence-electron chi connectivity index (χ3n) is 10.5. The third-order valence-corrected chi connectivity index (χ3v) is 10.5. The van der Waals surface area contributed by atoms with Gasteiger partial charge in [-0.2, -0.15) is 9.97 Å². The van der Waals surface area contributed by atoms with Crippen LogP contribution in [0.2, 0.25) is 0 Å². The van der Waals surface area contributed by atoms with Gasteiger partial charge in [0.15, 0.2) is 11.6 Å². The molecule has 0 saturated heterocycles. The average molecular weight is 641 g/mol. The van der Waals surface area contributed by atoms with Crippen molar-refractivity contribution in [3.8, 4) is 51.0 Å². The first-order valence-electron chi connectivity index (χ1n) is 17.1. The van der Waals surface area contributed by atoms with Gasteiger partial charge in [-0.1, -0.05) is 166 Å². The van der Waals surface area contributed by atoms with Crippen molar-refractivity contribution in [2.45, 2.75) is 19.3 Å². The van der Waals surface area contributed by atoms with Crippen molar-refractivity contribution < 1.29 is 0 Å². The van der Waals surface area contributed by atoms with Crippen LogP contribution in [-0.4, -0.2) is 19.5 Å². The Labute approximate surface area is 290 Å². The minimum atomic E-state index is -0.0587. The van der Waals surface area contributed by atoms with Gasteiger partial charge in [0.05, 0.1) is 11.0 Å². The predicted octanol–water partition coefficient (Wildman–Crippen LogP) is 11.4. The van der Waals surface area contributed by atoms with E-state index in [0.29, 0.717) is 17.6 Å². The average Bonchev–Trinajstić information content (AvgIpc) is 3.64. The molecule has 0 amide bonds. The quantitative estimate of drug-likeness (QED) is 0.192. The smallest absolute Gasteiger partial charge is 0.238 e. The zero-order valence-electron chi connectivity index (χ0n) is 27.8. The molecule has 0 aliphatic heterocycles. The van der Waals surface area contributed by atoms with Crippen LogP contribution >= 0.6 is 0 Å². The van der Waals surface area contributed by atoms with E-state index in [9.17, 15) is 0 Å². The topological polar surface area (TPSA) is 43.6 Å². The van der Waals surface area contributed by atoms with Crippen molar-refractivity contribution in [1.29, 1.82) is 0 Å². The summed E-state index contributed by atoms with van der Waals surface area (Å²) in [6.07, 6.45) is 0. The van der Waals surface area contributed by atoms with E-state index in [1.807, 2.05) is 36.4 Å². The lowest BCUT2D eigenvalue weighted by atomic mass is 9.82. The minimum Gasteiger partial charge on any atom is -0.277 e. The Bertz CT molecular complexity index is 2720. The van der Waals surface area contributed by atoms with Crippen molar-refractivity contribution in [1.82, 2.24) is 19.5 Å². The van der Waals surface area contributed by atoms with Crippen molar-refractivity contribution in [2.24, 2.45) is 0 Å². The third kappa shape index (κ3) is 4.21. The second kappa shape index (κ2) is 10.8. The van der Waals surface area contributed by atoms with E-state index in [4.69, 9.17) is 15.0 Å². The maximum absolute atomic E-state index is 5.26. The van der Waals surface area contributed by atoms with Crippen LogP contribution in [0.25, 0.3) is 83.6 Å². The molecule has 0 unspecified atom stereocenters. The van der Waals surface area contributed by atoms with E-state index in [1.54, 1.807) is 0 Å². The highest BCUT2D eigenvalue weighted by atomic mass is 15.2. The molecule has 0 N–H and O–H groups in total. The number of aromatic nitrogens is 4. The van der Waals surface area contributed by atoms with Crippen LogP contribution in [0.4, 0.5) is 0 Å². The van der Waals surface area contributed by atoms with Gasteiger partial charge in [0.2, 0.25) is 5.95 Å². The Morgan fingerprint density at radius 2 is 1.02 bits per heavy atom. The molecule has 0 fully saturated rings. The second-order valence-corrected chi connectivity index (χ2v) is 13.7. The van der Waals surface area contributed by atoms with Crippen LogP contribution in [0.5, 0.6) is 0 Å². The first-order chi connectivity index (χ1) is 24.6. The summed E-state index contributed by atoms with van der Waals surface area (Å²) in [7, 11) is 0. The molecule has 0 bridgehead atoms. The highest BCUT2D eigenvalue weighted by Gasteiger charge is 2.35. The molecule has 50 heavy (non-hydrogen) atoms. The number of para-hydroxylation sites is 1. The van der Waals surface area contributed by atoms with Gasteiger partial charge < -0.3 is 0 Å². The van der Waals surface area contributed by atoms with E-state index in [1.165, 1.54) is 27.6 Å². The molecule has 10 rings (SSSR count). The number of hydrogen-bond donors (Lipinski definition) is 0. The van der Waals surface area contributed by atoms with E-state index in [-0.39, 0.29) is 5.41 Å². The number of hydrogen-bond acceptors (Lipinski definition) is 3. The molecule has 0 radical (unpaired) electrons. The molecule has 2 aromatic heterocycles. The zero-order chi connectivity index (χ0) is 33.4. The Hall–Kier alpha value is -6.39. The van der Waals surface area contributed by atoms with E-state index < -0.39 is 0 Å². The molecule has 9 aromatic rings. The standard InChI is InChI=1S/C46H32N4/c1-46(2)39-23-12-11-20-35(39)38-28-32(25-27-40(38)46)34-21-13-22-36-37-26-24-29-14-9-10-19-33(29)41(37)50(42(34)36)45-48-43(30-15-5-3-6-16-30)47-44(49-45)31-17-7-4-8-18-31/h3-28H,1-2H3. The monoisotopic (exact) mass is 640 g/mol. The SMILES string of the molecule is CC1(C)c2ccccc2-c2cc(-c3cccc4c5ccc6ccccc6c5n(-c5nc(-c6ccccc6)nc(-c6ccccc6)n5)c34)ccc21. The minimum absolute atomic E-state index is 0.0587. The van der Waals surface area contributed by atoms with E-state index in [2.05, 4.69) is 140 Å². The van der Waals surface area contributed by atoms with Gasteiger partial charge in [-0.3, -0.25) is 4.57 Å². The number of benzene rings is 7.